The number of halogens is 1. The number of hydrogen-bond donors (Lipinski definition) is 3. The fourth-order valence-electron chi connectivity index (χ4n) is 4.15. The maximum Gasteiger partial charge on any atom is 0.273 e. The summed E-state index contributed by atoms with van der Waals surface area (Å²) in [5.41, 5.74) is -0.695. The van der Waals surface area contributed by atoms with Gasteiger partial charge in [-0.1, -0.05) is 32.9 Å². The number of benzene rings is 1. The van der Waals surface area contributed by atoms with Gasteiger partial charge in [0.2, 0.25) is 15.9 Å². The molecule has 0 saturated carbocycles. The van der Waals surface area contributed by atoms with E-state index in [2.05, 4.69) is 15.7 Å². The van der Waals surface area contributed by atoms with Crippen LogP contribution in [0, 0.1) is 17.2 Å². The average molecular weight is 546 g/mol. The minimum absolute atomic E-state index is 0.0425. The van der Waals surface area contributed by atoms with E-state index < -0.39 is 54.7 Å². The van der Waals surface area contributed by atoms with Gasteiger partial charge >= 0.3 is 0 Å². The van der Waals surface area contributed by atoms with Crippen molar-refractivity contribution >= 4 is 42.6 Å². The molecule has 11 nitrogen and oxygen atoms in total. The number of carbonyl (C=O) groups is 2. The van der Waals surface area contributed by atoms with Crippen molar-refractivity contribution in [2.45, 2.75) is 46.2 Å². The van der Waals surface area contributed by atoms with Crippen molar-refractivity contribution in [1.82, 2.24) is 20.4 Å². The number of sulfone groups is 1. The molecule has 1 atom stereocenters. The van der Waals surface area contributed by atoms with Gasteiger partial charge in [0.1, 0.15) is 27.2 Å². The third-order valence-corrected chi connectivity index (χ3v) is 8.62. The highest BCUT2D eigenvalue weighted by Crippen LogP contribution is 2.27. The van der Waals surface area contributed by atoms with E-state index in [1.807, 2.05) is 0 Å². The van der Waals surface area contributed by atoms with E-state index in [0.717, 1.165) is 0 Å². The second-order valence-corrected chi connectivity index (χ2v) is 14.2. The van der Waals surface area contributed by atoms with Gasteiger partial charge in [0.25, 0.3) is 5.91 Å². The maximum absolute atomic E-state index is 14.8. The lowest BCUT2D eigenvalue weighted by atomic mass is 9.86. The quantitative estimate of drug-likeness (QED) is 0.435. The molecule has 1 aliphatic rings. The second kappa shape index (κ2) is 10.4. The van der Waals surface area contributed by atoms with E-state index in [1.165, 1.54) is 16.8 Å². The number of amides is 2. The van der Waals surface area contributed by atoms with Crippen LogP contribution in [0.5, 0.6) is 0 Å². The SMILES string of the molecule is CC(C)(C)C(NC(=O)c1nn(CC2CCS(=O)(=O)CC2)c2c(F)cccc12)C(=O)NCCS(N)(=O)=O. The summed E-state index contributed by atoms with van der Waals surface area (Å²) in [6.45, 7) is 5.21. The highest BCUT2D eigenvalue weighted by atomic mass is 32.2. The fraction of sp³-hybridized carbons (Fsp3) is 0.591. The summed E-state index contributed by atoms with van der Waals surface area (Å²) in [6.07, 6.45) is 0.842. The maximum atomic E-state index is 14.8. The Balaban J connectivity index is 1.85. The summed E-state index contributed by atoms with van der Waals surface area (Å²) in [4.78, 5) is 26.1. The standard InChI is InChI=1S/C22H32FN5O6S2/c1-22(2,3)19(21(30)25-9-12-36(24,33)34)26-20(29)17-15-5-4-6-16(23)18(15)28(27-17)13-14-7-10-35(31,32)11-8-14/h4-6,14,19H,7-13H2,1-3H3,(H,25,30)(H,26,29)(H2,24,33,34). The Morgan fingerprint density at radius 1 is 1.25 bits per heavy atom. The molecule has 200 valence electrons. The third kappa shape index (κ3) is 7.01. The molecule has 2 amide bonds. The van der Waals surface area contributed by atoms with Gasteiger partial charge in [-0.25, -0.2) is 26.4 Å². The number of hydrogen-bond acceptors (Lipinski definition) is 7. The number of para-hydroxylation sites is 1. The molecule has 2 aromatic rings. The van der Waals surface area contributed by atoms with Crippen LogP contribution in [0.3, 0.4) is 0 Å². The van der Waals surface area contributed by atoms with Crippen molar-refractivity contribution in [3.05, 3.63) is 29.7 Å². The summed E-state index contributed by atoms with van der Waals surface area (Å²) in [5.74, 6) is -2.26. The van der Waals surface area contributed by atoms with Gasteiger partial charge in [-0.05, 0) is 30.2 Å². The van der Waals surface area contributed by atoms with E-state index in [9.17, 15) is 30.8 Å². The second-order valence-electron chi connectivity index (χ2n) is 10.2. The van der Waals surface area contributed by atoms with Crippen LogP contribution in [0.25, 0.3) is 10.9 Å². The van der Waals surface area contributed by atoms with Gasteiger partial charge in [0.05, 0.1) is 17.3 Å². The molecule has 0 aliphatic carbocycles. The first kappa shape index (κ1) is 28.0. The molecule has 1 unspecified atom stereocenters. The zero-order valence-electron chi connectivity index (χ0n) is 20.5. The highest BCUT2D eigenvalue weighted by Gasteiger charge is 2.34. The number of rotatable bonds is 8. The predicted octanol–water partition coefficient (Wildman–Crippen LogP) is 0.549. The molecule has 1 saturated heterocycles. The number of nitrogens with zero attached hydrogens (tertiary/aromatic N) is 2. The summed E-state index contributed by atoms with van der Waals surface area (Å²) >= 11 is 0. The Morgan fingerprint density at radius 3 is 2.47 bits per heavy atom. The molecule has 36 heavy (non-hydrogen) atoms. The van der Waals surface area contributed by atoms with Crippen molar-refractivity contribution in [1.29, 1.82) is 0 Å². The summed E-state index contributed by atoms with van der Waals surface area (Å²) in [5, 5.41) is 14.7. The number of aromatic nitrogens is 2. The molecule has 4 N–H and O–H groups in total. The summed E-state index contributed by atoms with van der Waals surface area (Å²) in [7, 11) is -6.84. The number of nitrogens with one attached hydrogen (secondary N) is 2. The van der Waals surface area contributed by atoms with Crippen LogP contribution >= 0.6 is 0 Å². The van der Waals surface area contributed by atoms with Crippen LogP contribution in [0.2, 0.25) is 0 Å². The van der Waals surface area contributed by atoms with Crippen molar-refractivity contribution in [3.8, 4) is 0 Å². The van der Waals surface area contributed by atoms with Gasteiger partial charge in [-0.15, -0.1) is 0 Å². The van der Waals surface area contributed by atoms with Crippen molar-refractivity contribution in [2.24, 2.45) is 16.5 Å². The molecular weight excluding hydrogens is 513 g/mol. The monoisotopic (exact) mass is 545 g/mol. The Labute approximate surface area is 210 Å². The minimum Gasteiger partial charge on any atom is -0.353 e. The molecule has 2 heterocycles. The molecule has 3 rings (SSSR count). The summed E-state index contributed by atoms with van der Waals surface area (Å²) < 4.78 is 62.0. The number of fused-ring (bicyclic) bond motifs is 1. The lowest BCUT2D eigenvalue weighted by molar-refractivity contribution is -0.125. The van der Waals surface area contributed by atoms with E-state index in [-0.39, 0.29) is 47.1 Å². The zero-order valence-corrected chi connectivity index (χ0v) is 22.1. The average Bonchev–Trinajstić information content (AvgIpc) is 3.11. The van der Waals surface area contributed by atoms with E-state index >= 15 is 0 Å². The van der Waals surface area contributed by atoms with Crippen LogP contribution < -0.4 is 15.8 Å². The van der Waals surface area contributed by atoms with E-state index in [4.69, 9.17) is 5.14 Å². The van der Waals surface area contributed by atoms with Crippen LogP contribution in [-0.2, 0) is 31.2 Å². The van der Waals surface area contributed by atoms with E-state index in [0.29, 0.717) is 12.8 Å². The number of nitrogens with two attached hydrogens (primary N) is 1. The normalized spacial score (nSPS) is 17.6. The van der Waals surface area contributed by atoms with Crippen LogP contribution in [-0.4, -0.2) is 68.3 Å². The minimum atomic E-state index is -3.78. The largest absolute Gasteiger partial charge is 0.353 e. The van der Waals surface area contributed by atoms with Gasteiger partial charge in [-0.2, -0.15) is 5.10 Å². The molecule has 14 heteroatoms. The molecular formula is C22H32FN5O6S2. The van der Waals surface area contributed by atoms with Crippen LogP contribution in [0.15, 0.2) is 18.2 Å². The lowest BCUT2D eigenvalue weighted by Gasteiger charge is -2.30. The number of carbonyl (C=O) groups excluding carboxylic acids is 2. The first-order valence-corrected chi connectivity index (χ1v) is 15.1. The van der Waals surface area contributed by atoms with Crippen LogP contribution in [0.1, 0.15) is 44.1 Å². The van der Waals surface area contributed by atoms with Crippen LogP contribution in [0.4, 0.5) is 4.39 Å². The summed E-state index contributed by atoms with van der Waals surface area (Å²) in [6, 6.07) is 3.21. The Kier molecular flexibility index (Phi) is 8.10. The van der Waals surface area contributed by atoms with Gasteiger partial charge in [-0.3, -0.25) is 14.3 Å². The molecule has 1 fully saturated rings. The number of primary sulfonamides is 1. The zero-order chi connectivity index (χ0) is 26.9. The molecule has 0 spiro atoms. The van der Waals surface area contributed by atoms with Crippen molar-refractivity contribution < 1.29 is 30.8 Å². The topological polar surface area (TPSA) is 170 Å². The molecule has 1 aromatic heterocycles. The Morgan fingerprint density at radius 2 is 1.89 bits per heavy atom. The first-order valence-electron chi connectivity index (χ1n) is 11.5. The Hall–Kier alpha value is -2.58. The Bertz CT molecular complexity index is 1350. The molecule has 0 bridgehead atoms. The van der Waals surface area contributed by atoms with Crippen molar-refractivity contribution in [3.63, 3.8) is 0 Å². The highest BCUT2D eigenvalue weighted by molar-refractivity contribution is 7.91. The smallest absolute Gasteiger partial charge is 0.273 e. The van der Waals surface area contributed by atoms with Gasteiger partial charge in [0, 0.05) is 18.5 Å². The van der Waals surface area contributed by atoms with Gasteiger partial charge < -0.3 is 10.6 Å². The molecule has 1 aromatic carbocycles. The lowest BCUT2D eigenvalue weighted by Crippen LogP contribution is -2.54. The molecule has 0 radical (unpaired) electrons. The van der Waals surface area contributed by atoms with Gasteiger partial charge in [0.15, 0.2) is 5.69 Å². The van der Waals surface area contributed by atoms with Crippen molar-refractivity contribution in [2.75, 3.05) is 23.8 Å². The van der Waals surface area contributed by atoms with E-state index in [1.54, 1.807) is 26.8 Å². The third-order valence-electron chi connectivity index (χ3n) is 6.13. The fourth-order valence-corrected chi connectivity index (χ4v) is 6.13. The molecule has 1 aliphatic heterocycles. The number of sulfonamides is 1. The first-order chi connectivity index (χ1) is 16.6. The predicted molar refractivity (Wildman–Crippen MR) is 133 cm³/mol.